The molecule has 0 aromatic heterocycles. The smallest absolute Gasteiger partial charge is 0.240 e. The molecule has 5 nitrogen and oxygen atoms in total. The standard InChI is InChI=1S/C22H28FN3O2S/c23-18-10-12-19(13-11-18)25-14-16-26(17-15-25)22-9-5-4-8-21(22)24-29(27,28)20-6-2-1-3-7-20/h1-3,6-7,10-13,21-22,24H,4-5,8-9,14-17H2/t21-,22+/m1/s1. The van der Waals surface area contributed by atoms with Gasteiger partial charge in [0.15, 0.2) is 0 Å². The van der Waals surface area contributed by atoms with E-state index in [-0.39, 0.29) is 17.9 Å². The molecule has 2 aliphatic rings. The number of sulfonamides is 1. The van der Waals surface area contributed by atoms with E-state index >= 15 is 0 Å². The molecule has 1 saturated heterocycles. The van der Waals surface area contributed by atoms with Gasteiger partial charge in [-0.15, -0.1) is 0 Å². The van der Waals surface area contributed by atoms with E-state index in [4.69, 9.17) is 0 Å². The molecule has 1 heterocycles. The third-order valence-electron chi connectivity index (χ3n) is 6.06. The van der Waals surface area contributed by atoms with E-state index < -0.39 is 10.0 Å². The summed E-state index contributed by atoms with van der Waals surface area (Å²) in [7, 11) is -3.51. The number of piperazine rings is 1. The summed E-state index contributed by atoms with van der Waals surface area (Å²) in [6.07, 6.45) is 4.06. The van der Waals surface area contributed by atoms with Crippen LogP contribution in [0.1, 0.15) is 25.7 Å². The van der Waals surface area contributed by atoms with Crippen LogP contribution >= 0.6 is 0 Å². The van der Waals surface area contributed by atoms with Crippen molar-refractivity contribution < 1.29 is 12.8 Å². The molecule has 0 spiro atoms. The minimum absolute atomic E-state index is 0.0636. The fourth-order valence-electron chi connectivity index (χ4n) is 4.52. The van der Waals surface area contributed by atoms with Gasteiger partial charge in [-0.2, -0.15) is 0 Å². The summed E-state index contributed by atoms with van der Waals surface area (Å²) in [6.45, 7) is 3.48. The molecule has 1 aliphatic carbocycles. The Hall–Kier alpha value is -1.96. The van der Waals surface area contributed by atoms with Gasteiger partial charge < -0.3 is 4.90 Å². The van der Waals surface area contributed by atoms with Crippen LogP contribution in [0.2, 0.25) is 0 Å². The number of nitrogens with zero attached hydrogens (tertiary/aromatic N) is 2. The quantitative estimate of drug-likeness (QED) is 0.812. The Balaban J connectivity index is 1.41. The lowest BCUT2D eigenvalue weighted by Gasteiger charge is -2.44. The maximum absolute atomic E-state index is 13.2. The Bertz CT molecular complexity index is 897. The van der Waals surface area contributed by atoms with E-state index in [0.717, 1.165) is 57.5 Å². The van der Waals surface area contributed by atoms with E-state index in [2.05, 4.69) is 14.5 Å². The van der Waals surface area contributed by atoms with Gasteiger partial charge in [-0.25, -0.2) is 17.5 Å². The highest BCUT2D eigenvalue weighted by Gasteiger charge is 2.34. The van der Waals surface area contributed by atoms with Gasteiger partial charge in [0, 0.05) is 44.0 Å². The first-order chi connectivity index (χ1) is 14.0. The molecule has 1 aliphatic heterocycles. The Morgan fingerprint density at radius 1 is 0.862 bits per heavy atom. The van der Waals surface area contributed by atoms with Crippen LogP contribution in [0, 0.1) is 5.82 Å². The number of nitrogens with one attached hydrogen (secondary N) is 1. The SMILES string of the molecule is O=S(=O)(N[C@@H]1CCCC[C@@H]1N1CCN(c2ccc(F)cc2)CC1)c1ccccc1. The highest BCUT2D eigenvalue weighted by molar-refractivity contribution is 7.89. The van der Waals surface area contributed by atoms with Gasteiger partial charge in [0.05, 0.1) is 4.90 Å². The molecule has 156 valence electrons. The van der Waals surface area contributed by atoms with Crippen LogP contribution in [0.3, 0.4) is 0 Å². The number of rotatable bonds is 5. The summed E-state index contributed by atoms with van der Waals surface area (Å²) in [5, 5.41) is 0. The lowest BCUT2D eigenvalue weighted by Crippen LogP contribution is -2.58. The summed E-state index contributed by atoms with van der Waals surface area (Å²) in [4.78, 5) is 5.02. The van der Waals surface area contributed by atoms with Gasteiger partial charge in [-0.05, 0) is 49.2 Å². The second-order valence-corrected chi connectivity index (χ2v) is 9.61. The monoisotopic (exact) mass is 417 g/mol. The van der Waals surface area contributed by atoms with Crippen molar-refractivity contribution in [2.45, 2.75) is 42.7 Å². The summed E-state index contributed by atoms with van der Waals surface area (Å²) in [5.74, 6) is -0.219. The number of hydrogen-bond acceptors (Lipinski definition) is 4. The van der Waals surface area contributed by atoms with Crippen LogP contribution < -0.4 is 9.62 Å². The zero-order chi connectivity index (χ0) is 20.3. The summed E-state index contributed by atoms with van der Waals surface area (Å²) in [6, 6.07) is 15.4. The lowest BCUT2D eigenvalue weighted by molar-refractivity contribution is 0.124. The number of anilines is 1. The van der Waals surface area contributed by atoms with Gasteiger partial charge in [-0.3, -0.25) is 4.90 Å². The molecular formula is C22H28FN3O2S. The fourth-order valence-corrected chi connectivity index (χ4v) is 5.84. The van der Waals surface area contributed by atoms with Crippen LogP contribution in [0.5, 0.6) is 0 Å². The first-order valence-electron chi connectivity index (χ1n) is 10.3. The number of benzene rings is 2. The molecule has 2 aromatic carbocycles. The largest absolute Gasteiger partial charge is 0.369 e. The van der Waals surface area contributed by atoms with Crippen LogP contribution in [-0.2, 0) is 10.0 Å². The highest BCUT2D eigenvalue weighted by atomic mass is 32.2. The Labute approximate surface area is 172 Å². The van der Waals surface area contributed by atoms with Crippen LogP contribution in [0.15, 0.2) is 59.5 Å². The van der Waals surface area contributed by atoms with E-state index in [1.54, 1.807) is 24.3 Å². The Kier molecular flexibility index (Phi) is 6.18. The lowest BCUT2D eigenvalue weighted by atomic mass is 9.89. The maximum Gasteiger partial charge on any atom is 0.240 e. The molecule has 29 heavy (non-hydrogen) atoms. The van der Waals surface area contributed by atoms with Crippen LogP contribution in [0.25, 0.3) is 0 Å². The molecule has 0 unspecified atom stereocenters. The molecule has 2 aromatic rings. The molecule has 7 heteroatoms. The third kappa shape index (κ3) is 4.79. The molecule has 4 rings (SSSR count). The van der Waals surface area contributed by atoms with Gasteiger partial charge in [0.25, 0.3) is 0 Å². The zero-order valence-corrected chi connectivity index (χ0v) is 17.3. The van der Waals surface area contributed by atoms with Crippen molar-refractivity contribution in [3.8, 4) is 0 Å². The van der Waals surface area contributed by atoms with Gasteiger partial charge in [0.2, 0.25) is 10.0 Å². The average molecular weight is 418 g/mol. The van der Waals surface area contributed by atoms with E-state index in [0.29, 0.717) is 4.90 Å². The highest BCUT2D eigenvalue weighted by Crippen LogP contribution is 2.27. The van der Waals surface area contributed by atoms with Gasteiger partial charge in [-0.1, -0.05) is 31.0 Å². The summed E-state index contributed by atoms with van der Waals surface area (Å²) in [5.41, 5.74) is 1.04. The molecule has 0 amide bonds. The predicted octanol–water partition coefficient (Wildman–Crippen LogP) is 3.24. The van der Waals surface area contributed by atoms with Crippen molar-refractivity contribution in [1.82, 2.24) is 9.62 Å². The predicted molar refractivity (Wildman–Crippen MR) is 113 cm³/mol. The zero-order valence-electron chi connectivity index (χ0n) is 16.5. The molecule has 1 saturated carbocycles. The van der Waals surface area contributed by atoms with Crippen molar-refractivity contribution in [3.63, 3.8) is 0 Å². The normalized spacial score (nSPS) is 23.8. The van der Waals surface area contributed by atoms with E-state index in [9.17, 15) is 12.8 Å². The van der Waals surface area contributed by atoms with Gasteiger partial charge >= 0.3 is 0 Å². The second kappa shape index (κ2) is 8.81. The average Bonchev–Trinajstić information content (AvgIpc) is 2.75. The fraction of sp³-hybridized carbons (Fsp3) is 0.455. The molecule has 0 bridgehead atoms. The second-order valence-electron chi connectivity index (χ2n) is 7.89. The summed E-state index contributed by atoms with van der Waals surface area (Å²) < 4.78 is 41.8. The van der Waals surface area contributed by atoms with E-state index in [1.165, 1.54) is 12.1 Å². The Morgan fingerprint density at radius 2 is 1.52 bits per heavy atom. The first kappa shape index (κ1) is 20.3. The summed E-state index contributed by atoms with van der Waals surface area (Å²) >= 11 is 0. The van der Waals surface area contributed by atoms with Crippen LogP contribution in [0.4, 0.5) is 10.1 Å². The van der Waals surface area contributed by atoms with Crippen molar-refractivity contribution in [3.05, 3.63) is 60.4 Å². The molecule has 2 fully saturated rings. The molecule has 0 radical (unpaired) electrons. The Morgan fingerprint density at radius 3 is 2.21 bits per heavy atom. The van der Waals surface area contributed by atoms with Crippen molar-refractivity contribution in [1.29, 1.82) is 0 Å². The molecule has 2 atom stereocenters. The topological polar surface area (TPSA) is 52.7 Å². The van der Waals surface area contributed by atoms with Crippen molar-refractivity contribution >= 4 is 15.7 Å². The maximum atomic E-state index is 13.2. The third-order valence-corrected chi connectivity index (χ3v) is 7.57. The number of halogens is 1. The minimum atomic E-state index is -3.51. The first-order valence-corrected chi connectivity index (χ1v) is 11.8. The van der Waals surface area contributed by atoms with Crippen molar-refractivity contribution in [2.75, 3.05) is 31.1 Å². The minimum Gasteiger partial charge on any atom is -0.369 e. The molecular weight excluding hydrogens is 389 g/mol. The van der Waals surface area contributed by atoms with E-state index in [1.807, 2.05) is 18.2 Å². The van der Waals surface area contributed by atoms with Crippen molar-refractivity contribution in [2.24, 2.45) is 0 Å². The van der Waals surface area contributed by atoms with Crippen LogP contribution in [-0.4, -0.2) is 51.6 Å². The molecule has 1 N–H and O–H groups in total. The van der Waals surface area contributed by atoms with Gasteiger partial charge in [0.1, 0.15) is 5.82 Å². The number of hydrogen-bond donors (Lipinski definition) is 1.